The van der Waals surface area contributed by atoms with Crippen molar-refractivity contribution in [1.29, 1.82) is 0 Å². The van der Waals surface area contributed by atoms with Crippen LogP contribution < -0.4 is 10.6 Å². The Hall–Kier alpha value is -2.45. The van der Waals surface area contributed by atoms with Crippen molar-refractivity contribution in [1.82, 2.24) is 9.97 Å². The molecule has 2 N–H and O–H groups in total. The first-order valence-corrected chi connectivity index (χ1v) is 7.08. The normalized spacial score (nSPS) is 26.8. The van der Waals surface area contributed by atoms with Crippen LogP contribution in [-0.4, -0.2) is 41.1 Å². The number of esters is 1. The fraction of sp³-hybridized carbons (Fsp3) is 0.615. The molecule has 0 bridgehead atoms. The molecule has 9 heteroatoms. The number of hydrogen-bond donors (Lipinski definition) is 1. The number of aromatic nitrogens is 2. The summed E-state index contributed by atoms with van der Waals surface area (Å²) in [5, 5.41) is 10.8. The van der Waals surface area contributed by atoms with E-state index in [-0.39, 0.29) is 23.4 Å². The van der Waals surface area contributed by atoms with Gasteiger partial charge in [-0.25, -0.2) is 4.98 Å². The highest BCUT2D eigenvalue weighted by Crippen LogP contribution is 2.50. The first-order chi connectivity index (χ1) is 10.5. The lowest BCUT2D eigenvalue weighted by Crippen LogP contribution is -2.37. The summed E-state index contributed by atoms with van der Waals surface area (Å²) in [5.74, 6) is 0.146. The number of nitrogen functional groups attached to an aromatic ring is 1. The minimum absolute atomic E-state index is 0.167. The lowest BCUT2D eigenvalue weighted by molar-refractivity contribution is -0.384. The van der Waals surface area contributed by atoms with E-state index in [1.165, 1.54) is 7.11 Å². The van der Waals surface area contributed by atoms with Gasteiger partial charge in [-0.3, -0.25) is 14.9 Å². The lowest BCUT2D eigenvalue weighted by atomic mass is 9.81. The van der Waals surface area contributed by atoms with Crippen LogP contribution in [0.1, 0.15) is 19.3 Å². The quantitative estimate of drug-likeness (QED) is 0.492. The van der Waals surface area contributed by atoms with Crippen molar-refractivity contribution in [3.63, 3.8) is 0 Å². The number of nitro groups is 1. The second kappa shape index (κ2) is 5.08. The molecular weight excluding hydrogens is 290 g/mol. The number of nitrogens with two attached hydrogens (primary N) is 1. The molecule has 2 unspecified atom stereocenters. The molecule has 2 fully saturated rings. The smallest absolute Gasteiger partial charge is 0.329 e. The fourth-order valence-electron chi connectivity index (χ4n) is 3.65. The zero-order chi connectivity index (χ0) is 15.9. The van der Waals surface area contributed by atoms with Gasteiger partial charge in [-0.15, -0.1) is 0 Å². The van der Waals surface area contributed by atoms with Crippen LogP contribution >= 0.6 is 0 Å². The Morgan fingerprint density at radius 3 is 3.05 bits per heavy atom. The molecule has 0 radical (unpaired) electrons. The maximum atomic E-state index is 12.2. The topological polar surface area (TPSA) is 124 Å². The number of hydrogen-bond acceptors (Lipinski definition) is 8. The lowest BCUT2D eigenvalue weighted by Gasteiger charge is -2.25. The van der Waals surface area contributed by atoms with Gasteiger partial charge >= 0.3 is 11.7 Å². The van der Waals surface area contributed by atoms with Crippen molar-refractivity contribution in [3.05, 3.63) is 16.3 Å². The van der Waals surface area contributed by atoms with E-state index >= 15 is 0 Å². The number of ether oxygens (including phenoxy) is 1. The molecule has 1 saturated heterocycles. The Balaban J connectivity index is 1.88. The Morgan fingerprint density at radius 2 is 2.41 bits per heavy atom. The second-order valence-corrected chi connectivity index (χ2v) is 5.81. The molecule has 0 spiro atoms. The van der Waals surface area contributed by atoms with Gasteiger partial charge in [0, 0.05) is 13.1 Å². The maximum Gasteiger partial charge on any atom is 0.329 e. The van der Waals surface area contributed by atoms with E-state index in [4.69, 9.17) is 10.5 Å². The van der Waals surface area contributed by atoms with E-state index in [1.54, 1.807) is 0 Å². The van der Waals surface area contributed by atoms with E-state index in [0.717, 1.165) is 25.5 Å². The molecule has 2 atom stereocenters. The predicted octanol–water partition coefficient (Wildman–Crippen LogP) is 0.746. The van der Waals surface area contributed by atoms with E-state index in [0.29, 0.717) is 19.0 Å². The van der Waals surface area contributed by atoms with Crippen molar-refractivity contribution in [2.75, 3.05) is 30.8 Å². The zero-order valence-electron chi connectivity index (χ0n) is 12.2. The van der Waals surface area contributed by atoms with Crippen molar-refractivity contribution in [2.45, 2.75) is 19.3 Å². The highest BCUT2D eigenvalue weighted by Gasteiger charge is 2.56. The third kappa shape index (κ3) is 2.04. The van der Waals surface area contributed by atoms with Gasteiger partial charge in [-0.2, -0.15) is 4.98 Å². The molecule has 3 rings (SSSR count). The number of rotatable bonds is 3. The Morgan fingerprint density at radius 1 is 1.64 bits per heavy atom. The molecule has 22 heavy (non-hydrogen) atoms. The summed E-state index contributed by atoms with van der Waals surface area (Å²) in [4.78, 5) is 32.3. The third-order valence-electron chi connectivity index (χ3n) is 4.73. The summed E-state index contributed by atoms with van der Waals surface area (Å²) >= 11 is 0. The summed E-state index contributed by atoms with van der Waals surface area (Å²) < 4.78 is 4.98. The molecule has 0 aromatic carbocycles. The maximum absolute atomic E-state index is 12.2. The van der Waals surface area contributed by atoms with Crippen LogP contribution in [0.3, 0.4) is 0 Å². The van der Waals surface area contributed by atoms with Crippen LogP contribution in [0.5, 0.6) is 0 Å². The Labute approximate surface area is 126 Å². The molecule has 1 aromatic heterocycles. The molecule has 1 aliphatic heterocycles. The first-order valence-electron chi connectivity index (χ1n) is 7.08. The van der Waals surface area contributed by atoms with Gasteiger partial charge in [-0.05, 0) is 18.8 Å². The molecule has 1 aromatic rings. The van der Waals surface area contributed by atoms with E-state index < -0.39 is 10.3 Å². The highest BCUT2D eigenvalue weighted by atomic mass is 16.6. The van der Waals surface area contributed by atoms with Crippen LogP contribution in [-0.2, 0) is 9.53 Å². The van der Waals surface area contributed by atoms with Crippen LogP contribution in [0.4, 0.5) is 17.5 Å². The highest BCUT2D eigenvalue weighted by molar-refractivity contribution is 5.79. The standard InChI is InChI=1S/C13H17N5O4/c1-22-11(19)13-4-2-3-8(13)6-17(7-13)12-15-5-9(18(20)21)10(14)16-12/h5,8H,2-4,6-7H2,1H3,(H2,14,15,16). The number of methoxy groups -OCH3 is 1. The predicted molar refractivity (Wildman–Crippen MR) is 77.1 cm³/mol. The Kier molecular flexibility index (Phi) is 3.34. The summed E-state index contributed by atoms with van der Waals surface area (Å²) in [6, 6.07) is 0. The molecule has 0 amide bonds. The van der Waals surface area contributed by atoms with E-state index in [2.05, 4.69) is 9.97 Å². The number of nitrogens with zero attached hydrogens (tertiary/aromatic N) is 4. The molecule has 118 valence electrons. The number of carbonyl (C=O) groups is 1. The fourth-order valence-corrected chi connectivity index (χ4v) is 3.65. The average Bonchev–Trinajstić information content (AvgIpc) is 3.03. The van der Waals surface area contributed by atoms with Gasteiger partial charge in [0.05, 0.1) is 17.4 Å². The van der Waals surface area contributed by atoms with Crippen LogP contribution in [0.15, 0.2) is 6.20 Å². The third-order valence-corrected chi connectivity index (χ3v) is 4.73. The van der Waals surface area contributed by atoms with Gasteiger partial charge in [0.2, 0.25) is 11.8 Å². The summed E-state index contributed by atoms with van der Waals surface area (Å²) in [6.07, 6.45) is 3.84. The van der Waals surface area contributed by atoms with E-state index in [9.17, 15) is 14.9 Å². The van der Waals surface area contributed by atoms with Crippen molar-refractivity contribution < 1.29 is 14.5 Å². The summed E-state index contributed by atoms with van der Waals surface area (Å²) in [6.45, 7) is 1.09. The second-order valence-electron chi connectivity index (χ2n) is 5.81. The minimum atomic E-state index is -0.617. The average molecular weight is 307 g/mol. The van der Waals surface area contributed by atoms with Crippen molar-refractivity contribution in [3.8, 4) is 0 Å². The first kappa shape index (κ1) is 14.5. The Bertz CT molecular complexity index is 637. The molecule has 1 aliphatic carbocycles. The van der Waals surface area contributed by atoms with Crippen LogP contribution in [0.25, 0.3) is 0 Å². The number of carbonyl (C=O) groups excluding carboxylic acids is 1. The van der Waals surface area contributed by atoms with Crippen LogP contribution in [0, 0.1) is 21.4 Å². The van der Waals surface area contributed by atoms with Crippen molar-refractivity contribution >= 4 is 23.4 Å². The monoisotopic (exact) mass is 307 g/mol. The van der Waals surface area contributed by atoms with Gasteiger partial charge < -0.3 is 15.4 Å². The van der Waals surface area contributed by atoms with Gasteiger partial charge in [-0.1, -0.05) is 6.42 Å². The minimum Gasteiger partial charge on any atom is -0.469 e. The summed E-state index contributed by atoms with van der Waals surface area (Å²) in [5.41, 5.74) is 4.78. The van der Waals surface area contributed by atoms with Gasteiger partial charge in [0.25, 0.3) is 0 Å². The molecule has 2 heterocycles. The van der Waals surface area contributed by atoms with Gasteiger partial charge in [0.1, 0.15) is 6.20 Å². The molecule has 1 saturated carbocycles. The summed E-state index contributed by atoms with van der Waals surface area (Å²) in [7, 11) is 1.40. The van der Waals surface area contributed by atoms with Crippen molar-refractivity contribution in [2.24, 2.45) is 11.3 Å². The number of fused-ring (bicyclic) bond motifs is 1. The zero-order valence-corrected chi connectivity index (χ0v) is 12.2. The molecule has 9 nitrogen and oxygen atoms in total. The molecular formula is C13H17N5O4. The molecule has 2 aliphatic rings. The SMILES string of the molecule is COC(=O)C12CCCC1CN(c1ncc([N+](=O)[O-])c(N)n1)C2. The van der Waals surface area contributed by atoms with Crippen LogP contribution in [0.2, 0.25) is 0 Å². The largest absolute Gasteiger partial charge is 0.469 e. The van der Waals surface area contributed by atoms with Gasteiger partial charge in [0.15, 0.2) is 0 Å². The number of anilines is 2. The van der Waals surface area contributed by atoms with E-state index in [1.807, 2.05) is 4.90 Å².